The van der Waals surface area contributed by atoms with E-state index < -0.39 is 5.97 Å². The molecule has 0 aliphatic heterocycles. The number of fused-ring (bicyclic) bond motifs is 1. The van der Waals surface area contributed by atoms with Gasteiger partial charge in [0.1, 0.15) is 11.4 Å². The number of carboxylic acid groups (broad SMARTS) is 1. The van der Waals surface area contributed by atoms with Gasteiger partial charge in [-0.25, -0.2) is 4.79 Å². The van der Waals surface area contributed by atoms with Gasteiger partial charge in [0.15, 0.2) is 0 Å². The first-order valence-electron chi connectivity index (χ1n) is 12.3. The van der Waals surface area contributed by atoms with E-state index in [1.807, 2.05) is 34.9 Å². The molecule has 0 saturated carbocycles. The molecule has 1 heterocycles. The van der Waals surface area contributed by atoms with Crippen molar-refractivity contribution in [2.45, 2.75) is 45.7 Å². The lowest BCUT2D eigenvalue weighted by Gasteiger charge is -2.19. The Bertz CT molecular complexity index is 1470. The topological polar surface area (TPSA) is 63.5 Å². The molecule has 0 atom stereocenters. The average Bonchev–Trinajstić information content (AvgIpc) is 3.64. The van der Waals surface area contributed by atoms with Crippen molar-refractivity contribution < 1.29 is 14.6 Å². The summed E-state index contributed by atoms with van der Waals surface area (Å²) in [6.45, 7) is 7.69. The summed E-state index contributed by atoms with van der Waals surface area (Å²) >= 11 is 0. The number of hydrogen-bond donors (Lipinski definition) is 2. The maximum Gasteiger partial charge on any atom is 0.353 e. The number of aromatic nitrogens is 1. The maximum absolute atomic E-state index is 12.8. The largest absolute Gasteiger partial charge is 0.497 e. The molecule has 0 bridgehead atoms. The highest BCUT2D eigenvalue weighted by molar-refractivity contribution is 6.08. The van der Waals surface area contributed by atoms with Gasteiger partial charge in [0.05, 0.1) is 7.11 Å². The third-order valence-corrected chi connectivity index (χ3v) is 6.77. The van der Waals surface area contributed by atoms with Gasteiger partial charge in [0, 0.05) is 41.7 Å². The lowest BCUT2D eigenvalue weighted by atomic mass is 9.86. The Kier molecular flexibility index (Phi) is 6.09. The van der Waals surface area contributed by atoms with Gasteiger partial charge >= 0.3 is 5.97 Å². The van der Waals surface area contributed by atoms with Gasteiger partial charge < -0.3 is 19.7 Å². The van der Waals surface area contributed by atoms with Crippen LogP contribution < -0.4 is 10.1 Å². The van der Waals surface area contributed by atoms with Gasteiger partial charge in [-0.2, -0.15) is 0 Å². The zero-order valence-electron chi connectivity index (χ0n) is 21.3. The highest BCUT2D eigenvalue weighted by Gasteiger charge is 2.25. The van der Waals surface area contributed by atoms with Crippen molar-refractivity contribution in [3.63, 3.8) is 0 Å². The molecular weight excluding hydrogens is 448 g/mol. The number of methoxy groups -OCH3 is 1. The summed E-state index contributed by atoms with van der Waals surface area (Å²) in [7, 11) is 1.64. The van der Waals surface area contributed by atoms with Crippen LogP contribution in [0.2, 0.25) is 0 Å². The zero-order chi connectivity index (χ0) is 25.4. The Balaban J connectivity index is 1.69. The molecule has 5 nitrogen and oxygen atoms in total. The predicted molar refractivity (Wildman–Crippen MR) is 145 cm³/mol. The van der Waals surface area contributed by atoms with Crippen molar-refractivity contribution in [2.24, 2.45) is 0 Å². The Morgan fingerprint density at radius 3 is 2.42 bits per heavy atom. The molecule has 0 amide bonds. The molecule has 0 saturated heterocycles. The molecule has 0 unspecified atom stereocenters. The van der Waals surface area contributed by atoms with E-state index in [0.717, 1.165) is 45.3 Å². The monoisotopic (exact) mass is 480 g/mol. The number of nitrogens with one attached hydrogen (secondary N) is 1. The van der Waals surface area contributed by atoms with Gasteiger partial charge in [0.2, 0.25) is 0 Å². The van der Waals surface area contributed by atoms with Crippen molar-refractivity contribution in [3.05, 3.63) is 101 Å². The summed E-state index contributed by atoms with van der Waals surface area (Å²) in [4.78, 5) is 12.8. The first-order valence-corrected chi connectivity index (χ1v) is 12.3. The van der Waals surface area contributed by atoms with Crippen LogP contribution in [0.1, 0.15) is 54.4 Å². The second kappa shape index (κ2) is 9.23. The second-order valence-corrected chi connectivity index (χ2v) is 10.4. The van der Waals surface area contributed by atoms with Gasteiger partial charge in [-0.1, -0.05) is 69.3 Å². The van der Waals surface area contributed by atoms with Crippen molar-refractivity contribution in [2.75, 3.05) is 7.11 Å². The van der Waals surface area contributed by atoms with E-state index in [9.17, 15) is 9.90 Å². The number of nitrogens with zero attached hydrogens (tertiary/aromatic N) is 1. The van der Waals surface area contributed by atoms with Crippen LogP contribution in [0.5, 0.6) is 5.75 Å². The van der Waals surface area contributed by atoms with Crippen LogP contribution in [0, 0.1) is 0 Å². The maximum atomic E-state index is 12.8. The van der Waals surface area contributed by atoms with E-state index >= 15 is 0 Å². The molecule has 0 radical (unpaired) electrons. The Labute approximate surface area is 212 Å². The van der Waals surface area contributed by atoms with Crippen molar-refractivity contribution >= 4 is 16.9 Å². The summed E-state index contributed by atoms with van der Waals surface area (Å²) in [5.41, 5.74) is 7.46. The molecule has 1 aliphatic rings. The minimum Gasteiger partial charge on any atom is -0.497 e. The smallest absolute Gasteiger partial charge is 0.353 e. The van der Waals surface area contributed by atoms with Crippen LogP contribution in [0.4, 0.5) is 0 Å². The molecule has 0 fully saturated rings. The molecule has 5 rings (SSSR count). The first kappa shape index (κ1) is 23.7. The van der Waals surface area contributed by atoms with E-state index in [0.29, 0.717) is 18.8 Å². The van der Waals surface area contributed by atoms with E-state index in [1.54, 1.807) is 7.11 Å². The normalized spacial score (nSPS) is 12.9. The van der Waals surface area contributed by atoms with E-state index in [1.165, 1.54) is 11.3 Å². The van der Waals surface area contributed by atoms with Crippen LogP contribution in [-0.4, -0.2) is 22.8 Å². The Hall–Kier alpha value is -3.99. The minimum absolute atomic E-state index is 0.0187. The minimum atomic E-state index is -0.938. The molecule has 184 valence electrons. The molecule has 3 aromatic carbocycles. The van der Waals surface area contributed by atoms with E-state index in [2.05, 4.69) is 68.6 Å². The molecular formula is C31H32N2O3. The predicted octanol–water partition coefficient (Wildman–Crippen LogP) is 6.74. The summed E-state index contributed by atoms with van der Waals surface area (Å²) in [6.07, 6.45) is 3.18. The lowest BCUT2D eigenvalue weighted by molar-refractivity contribution is 0.0687. The SMILES string of the molecule is COc1cccc(Cn2c(C(=O)O)c(-c3ccc(C(C)(C)C)cc3)c3cc(CNC4=CC4)ccc32)c1. The molecule has 0 spiro atoms. The standard InChI is InChI=1S/C31H32N2O3/c1-31(2,3)23-11-9-22(10-12-23)28-26-17-20(18-32-24-13-14-24)8-15-27(26)33(29(28)30(34)35)19-21-6-5-7-25(16-21)36-4/h5-13,15-17,32H,14,18-19H2,1-4H3,(H,34,35). The second-order valence-electron chi connectivity index (χ2n) is 10.4. The highest BCUT2D eigenvalue weighted by atomic mass is 16.5. The Morgan fingerprint density at radius 1 is 1.03 bits per heavy atom. The van der Waals surface area contributed by atoms with E-state index in [-0.39, 0.29) is 5.41 Å². The number of carbonyl (C=O) groups is 1. The summed E-state index contributed by atoms with van der Waals surface area (Å²) in [5.74, 6) is -0.187. The first-order chi connectivity index (χ1) is 17.2. The quantitative estimate of drug-likeness (QED) is 0.293. The van der Waals surface area contributed by atoms with Crippen molar-refractivity contribution in [1.29, 1.82) is 0 Å². The molecule has 5 heteroatoms. The summed E-state index contributed by atoms with van der Waals surface area (Å²) in [5, 5.41) is 14.8. The fraction of sp³-hybridized carbons (Fsp3) is 0.258. The number of carboxylic acids is 1. The number of hydrogen-bond acceptors (Lipinski definition) is 3. The van der Waals surface area contributed by atoms with Gasteiger partial charge in [0.25, 0.3) is 0 Å². The molecule has 4 aromatic rings. The van der Waals surface area contributed by atoms with Gasteiger partial charge in [-0.3, -0.25) is 0 Å². The van der Waals surface area contributed by atoms with Crippen LogP contribution >= 0.6 is 0 Å². The van der Waals surface area contributed by atoms with Crippen LogP contribution in [0.25, 0.3) is 22.0 Å². The fourth-order valence-corrected chi connectivity index (χ4v) is 4.69. The molecule has 1 aliphatic carbocycles. The summed E-state index contributed by atoms with van der Waals surface area (Å²) in [6, 6.07) is 22.4. The highest BCUT2D eigenvalue weighted by Crippen LogP contribution is 2.37. The third kappa shape index (κ3) is 4.74. The molecule has 36 heavy (non-hydrogen) atoms. The van der Waals surface area contributed by atoms with Crippen LogP contribution in [0.3, 0.4) is 0 Å². The number of benzene rings is 3. The number of aromatic carboxylic acids is 1. The van der Waals surface area contributed by atoms with E-state index in [4.69, 9.17) is 4.74 Å². The Morgan fingerprint density at radius 2 is 1.78 bits per heavy atom. The van der Waals surface area contributed by atoms with Crippen LogP contribution in [0.15, 0.2) is 78.5 Å². The van der Waals surface area contributed by atoms with Gasteiger partial charge in [-0.05, 0) is 51.9 Å². The van der Waals surface area contributed by atoms with Crippen LogP contribution in [-0.2, 0) is 18.5 Å². The third-order valence-electron chi connectivity index (χ3n) is 6.77. The average molecular weight is 481 g/mol. The fourth-order valence-electron chi connectivity index (χ4n) is 4.69. The number of allylic oxidation sites excluding steroid dienone is 2. The van der Waals surface area contributed by atoms with Crippen molar-refractivity contribution in [1.82, 2.24) is 9.88 Å². The number of ether oxygens (including phenoxy) is 1. The molecule has 1 aromatic heterocycles. The van der Waals surface area contributed by atoms with Gasteiger partial charge in [-0.15, -0.1) is 0 Å². The summed E-state index contributed by atoms with van der Waals surface area (Å²) < 4.78 is 7.32. The zero-order valence-corrected chi connectivity index (χ0v) is 21.3. The van der Waals surface area contributed by atoms with Crippen molar-refractivity contribution in [3.8, 4) is 16.9 Å². The lowest BCUT2D eigenvalue weighted by Crippen LogP contribution is -2.11. The molecule has 2 N–H and O–H groups in total. The number of rotatable bonds is 8.